The maximum Gasteiger partial charge on any atom is 0.306 e. The van der Waals surface area contributed by atoms with Crippen molar-refractivity contribution in [3.05, 3.63) is 59.0 Å². The molecule has 3 rings (SSSR count). The second kappa shape index (κ2) is 7.96. The molecule has 7 nitrogen and oxygen atoms in total. The highest BCUT2D eigenvalue weighted by atomic mass is 32.2. The Bertz CT molecular complexity index is 922. The molecular weight excluding hydrogens is 370 g/mol. The third-order valence-electron chi connectivity index (χ3n) is 3.68. The van der Waals surface area contributed by atoms with Crippen LogP contribution in [0.25, 0.3) is 6.08 Å². The predicted molar refractivity (Wildman–Crippen MR) is 101 cm³/mol. The van der Waals surface area contributed by atoms with Crippen LogP contribution < -0.4 is 9.64 Å². The molecule has 0 aliphatic carbocycles. The number of ether oxygens (including phenoxy) is 1. The summed E-state index contributed by atoms with van der Waals surface area (Å²) >= 11 is 0.799. The van der Waals surface area contributed by atoms with E-state index < -0.39 is 17.1 Å². The first-order chi connectivity index (χ1) is 13.0. The van der Waals surface area contributed by atoms with E-state index in [-0.39, 0.29) is 23.7 Å². The van der Waals surface area contributed by atoms with Gasteiger partial charge in [0, 0.05) is 5.56 Å². The Morgan fingerprint density at radius 2 is 1.81 bits per heavy atom. The van der Waals surface area contributed by atoms with Crippen molar-refractivity contribution in [1.82, 2.24) is 0 Å². The molecule has 0 saturated carbocycles. The molecular formula is C19H15NO6S. The molecule has 0 radical (unpaired) electrons. The van der Waals surface area contributed by atoms with Crippen molar-refractivity contribution in [2.45, 2.75) is 6.42 Å². The summed E-state index contributed by atoms with van der Waals surface area (Å²) < 4.78 is 5.47. The Labute approximate surface area is 158 Å². The number of aliphatic carboxylic acids is 1. The minimum absolute atomic E-state index is 0.00479. The third kappa shape index (κ3) is 4.29. The number of rotatable bonds is 6. The van der Waals surface area contributed by atoms with Crippen LogP contribution in [0.5, 0.6) is 11.5 Å². The maximum absolute atomic E-state index is 12.7. The summed E-state index contributed by atoms with van der Waals surface area (Å²) in [6.45, 7) is -0.00479. The summed E-state index contributed by atoms with van der Waals surface area (Å²) in [4.78, 5) is 36.8. The molecule has 1 saturated heterocycles. The molecule has 0 bridgehead atoms. The molecule has 27 heavy (non-hydrogen) atoms. The molecule has 2 N–H and O–H groups in total. The van der Waals surface area contributed by atoms with E-state index in [1.165, 1.54) is 24.3 Å². The molecule has 0 atom stereocenters. The number of hydrogen-bond acceptors (Lipinski definition) is 6. The topological polar surface area (TPSA) is 104 Å². The summed E-state index contributed by atoms with van der Waals surface area (Å²) in [7, 11) is 0. The van der Waals surface area contributed by atoms with Crippen molar-refractivity contribution in [1.29, 1.82) is 0 Å². The van der Waals surface area contributed by atoms with Crippen LogP contribution in [0, 0.1) is 0 Å². The number of carbonyl (C=O) groups is 3. The van der Waals surface area contributed by atoms with Crippen LogP contribution in [0.1, 0.15) is 12.0 Å². The highest BCUT2D eigenvalue weighted by Gasteiger charge is 2.36. The standard InChI is InChI=1S/C19H15NO6S/c21-14-7-5-13(6-8-14)20-18(24)16(27-19(20)25)11-12-3-1-2-4-15(12)26-10-9-17(22)23/h1-8,11,21H,9-10H2,(H,22,23)/b16-11+. The van der Waals surface area contributed by atoms with Gasteiger partial charge in [-0.2, -0.15) is 0 Å². The molecule has 1 fully saturated rings. The molecule has 1 aliphatic rings. The zero-order valence-corrected chi connectivity index (χ0v) is 14.8. The van der Waals surface area contributed by atoms with E-state index in [0.717, 1.165) is 16.7 Å². The van der Waals surface area contributed by atoms with Gasteiger partial charge in [-0.25, -0.2) is 4.90 Å². The van der Waals surface area contributed by atoms with Crippen molar-refractivity contribution in [3.8, 4) is 11.5 Å². The van der Waals surface area contributed by atoms with Crippen molar-refractivity contribution < 1.29 is 29.3 Å². The number of imide groups is 1. The van der Waals surface area contributed by atoms with Gasteiger partial charge in [0.15, 0.2) is 0 Å². The summed E-state index contributed by atoms with van der Waals surface area (Å²) in [5.74, 6) is -0.984. The number of carboxylic acids is 1. The fraction of sp³-hybridized carbons (Fsp3) is 0.105. The van der Waals surface area contributed by atoms with Gasteiger partial charge >= 0.3 is 5.97 Å². The summed E-state index contributed by atoms with van der Waals surface area (Å²) in [5, 5.41) is 17.6. The first kappa shape index (κ1) is 18.5. The van der Waals surface area contributed by atoms with E-state index in [4.69, 9.17) is 9.84 Å². The number of amides is 2. The lowest BCUT2D eigenvalue weighted by Crippen LogP contribution is -2.27. The number of para-hydroxylation sites is 1. The molecule has 2 amide bonds. The number of phenolic OH excluding ortho intramolecular Hbond substituents is 1. The van der Waals surface area contributed by atoms with Gasteiger partial charge < -0.3 is 14.9 Å². The largest absolute Gasteiger partial charge is 0.508 e. The quantitative estimate of drug-likeness (QED) is 0.734. The van der Waals surface area contributed by atoms with Gasteiger partial charge in [0.1, 0.15) is 11.5 Å². The lowest BCUT2D eigenvalue weighted by atomic mass is 10.2. The number of aromatic hydroxyl groups is 1. The molecule has 0 spiro atoms. The molecule has 138 valence electrons. The van der Waals surface area contributed by atoms with Gasteiger partial charge in [-0.1, -0.05) is 18.2 Å². The van der Waals surface area contributed by atoms with Gasteiger partial charge in [-0.15, -0.1) is 0 Å². The van der Waals surface area contributed by atoms with Gasteiger partial charge in [-0.3, -0.25) is 14.4 Å². The Kier molecular flexibility index (Phi) is 5.46. The minimum Gasteiger partial charge on any atom is -0.508 e. The van der Waals surface area contributed by atoms with Gasteiger partial charge in [0.05, 0.1) is 23.6 Å². The second-order valence-corrected chi connectivity index (χ2v) is 6.56. The maximum atomic E-state index is 12.7. The number of hydrogen-bond donors (Lipinski definition) is 2. The lowest BCUT2D eigenvalue weighted by Gasteiger charge is -2.12. The van der Waals surface area contributed by atoms with Gasteiger partial charge in [0.2, 0.25) is 0 Å². The predicted octanol–water partition coefficient (Wildman–Crippen LogP) is 3.49. The molecule has 0 unspecified atom stereocenters. The number of anilines is 1. The molecule has 8 heteroatoms. The second-order valence-electron chi connectivity index (χ2n) is 5.56. The third-order valence-corrected chi connectivity index (χ3v) is 4.55. The van der Waals surface area contributed by atoms with E-state index in [9.17, 15) is 19.5 Å². The monoisotopic (exact) mass is 385 g/mol. The number of benzene rings is 2. The van der Waals surface area contributed by atoms with E-state index in [1.54, 1.807) is 30.3 Å². The molecule has 1 aliphatic heterocycles. The Hall–Kier alpha value is -3.26. The molecule has 0 aromatic heterocycles. The highest BCUT2D eigenvalue weighted by molar-refractivity contribution is 8.19. The summed E-state index contributed by atoms with van der Waals surface area (Å²) in [5.41, 5.74) is 0.934. The normalized spacial score (nSPS) is 15.4. The summed E-state index contributed by atoms with van der Waals surface area (Å²) in [6, 6.07) is 12.6. The average Bonchev–Trinajstić information content (AvgIpc) is 2.91. The van der Waals surface area contributed by atoms with E-state index >= 15 is 0 Å². The van der Waals surface area contributed by atoms with Crippen molar-refractivity contribution in [2.24, 2.45) is 0 Å². The number of carbonyl (C=O) groups excluding carboxylic acids is 2. The number of phenols is 1. The zero-order valence-electron chi connectivity index (χ0n) is 14.0. The fourth-order valence-corrected chi connectivity index (χ4v) is 3.25. The van der Waals surface area contributed by atoms with Crippen LogP contribution in [0.4, 0.5) is 10.5 Å². The van der Waals surface area contributed by atoms with Crippen LogP contribution in [0.2, 0.25) is 0 Å². The van der Waals surface area contributed by atoms with Crippen LogP contribution in [0.15, 0.2) is 53.4 Å². The first-order valence-corrected chi connectivity index (χ1v) is 8.78. The lowest BCUT2D eigenvalue weighted by molar-refractivity contribution is -0.137. The number of carboxylic acid groups (broad SMARTS) is 1. The summed E-state index contributed by atoms with van der Waals surface area (Å²) in [6.07, 6.45) is 1.40. The Morgan fingerprint density at radius 3 is 2.52 bits per heavy atom. The van der Waals surface area contributed by atoms with Crippen molar-refractivity contribution in [3.63, 3.8) is 0 Å². The zero-order chi connectivity index (χ0) is 19.4. The molecule has 2 aromatic rings. The van der Waals surface area contributed by atoms with Gasteiger partial charge in [0.25, 0.3) is 11.1 Å². The smallest absolute Gasteiger partial charge is 0.306 e. The van der Waals surface area contributed by atoms with Gasteiger partial charge in [-0.05, 0) is 48.2 Å². The number of thioether (sulfide) groups is 1. The van der Waals surface area contributed by atoms with Crippen molar-refractivity contribution in [2.75, 3.05) is 11.5 Å². The van der Waals surface area contributed by atoms with Crippen LogP contribution in [-0.4, -0.2) is 33.9 Å². The minimum atomic E-state index is -0.970. The van der Waals surface area contributed by atoms with Crippen LogP contribution in [-0.2, 0) is 9.59 Å². The van der Waals surface area contributed by atoms with Crippen LogP contribution >= 0.6 is 11.8 Å². The van der Waals surface area contributed by atoms with Crippen LogP contribution in [0.3, 0.4) is 0 Å². The average molecular weight is 385 g/mol. The van der Waals surface area contributed by atoms with Crippen molar-refractivity contribution >= 4 is 40.6 Å². The highest BCUT2D eigenvalue weighted by Crippen LogP contribution is 2.37. The SMILES string of the molecule is O=C(O)CCOc1ccccc1/C=C1/SC(=O)N(c2ccc(O)cc2)C1=O. The molecule has 2 aromatic carbocycles. The van der Waals surface area contributed by atoms with E-state index in [2.05, 4.69) is 0 Å². The van der Waals surface area contributed by atoms with E-state index in [0.29, 0.717) is 17.0 Å². The fourth-order valence-electron chi connectivity index (χ4n) is 2.41. The Morgan fingerprint density at radius 1 is 1.11 bits per heavy atom. The first-order valence-electron chi connectivity index (χ1n) is 7.96. The molecule has 1 heterocycles. The Balaban J connectivity index is 1.84. The number of nitrogens with zero attached hydrogens (tertiary/aromatic N) is 1. The van der Waals surface area contributed by atoms with E-state index in [1.807, 2.05) is 0 Å².